The molecule has 0 spiro atoms. The second-order valence-electron chi connectivity index (χ2n) is 9.64. The lowest BCUT2D eigenvalue weighted by Crippen LogP contribution is -2.42. The number of benzene rings is 2. The number of ether oxygens (including phenoxy) is 1. The average molecular weight is 509 g/mol. The van der Waals surface area contributed by atoms with Gasteiger partial charge in [0.2, 0.25) is 0 Å². The van der Waals surface area contributed by atoms with E-state index in [1.165, 1.54) is 4.88 Å². The van der Waals surface area contributed by atoms with Gasteiger partial charge >= 0.3 is 5.97 Å². The van der Waals surface area contributed by atoms with Gasteiger partial charge in [-0.3, -0.25) is 4.79 Å². The van der Waals surface area contributed by atoms with Crippen LogP contribution in [-0.2, 0) is 22.4 Å². The number of hydrogen-bond acceptors (Lipinski definition) is 5. The first-order valence-corrected chi connectivity index (χ1v) is 13.7. The molecule has 0 saturated carbocycles. The van der Waals surface area contributed by atoms with E-state index < -0.39 is 12.1 Å². The molecule has 186 valence electrons. The Balaban J connectivity index is 1.35. The Kier molecular flexibility index (Phi) is 6.35. The number of allylic oxidation sites excluding steroid dienone is 1. The minimum Gasteiger partial charge on any atom is -0.449 e. The number of esters is 1. The van der Waals surface area contributed by atoms with Crippen LogP contribution in [0.25, 0.3) is 22.6 Å². The number of carbonyl (C=O) groups is 2. The molecule has 0 radical (unpaired) electrons. The second kappa shape index (κ2) is 9.94. The Labute approximate surface area is 220 Å². The minimum absolute atomic E-state index is 0.189. The Bertz CT molecular complexity index is 1520. The summed E-state index contributed by atoms with van der Waals surface area (Å²) in [5.41, 5.74) is 6.29. The fourth-order valence-corrected chi connectivity index (χ4v) is 6.19. The zero-order chi connectivity index (χ0) is 25.4. The Morgan fingerprint density at radius 2 is 1.84 bits per heavy atom. The van der Waals surface area contributed by atoms with Gasteiger partial charge in [-0.15, -0.1) is 11.3 Å². The smallest absolute Gasteiger partial charge is 0.339 e. The van der Waals surface area contributed by atoms with Crippen molar-refractivity contribution in [3.05, 3.63) is 93.3 Å². The third-order valence-electron chi connectivity index (χ3n) is 7.24. The lowest BCUT2D eigenvalue weighted by atomic mass is 9.86. The first-order valence-electron chi connectivity index (χ1n) is 12.9. The van der Waals surface area contributed by atoms with Crippen LogP contribution in [-0.4, -0.2) is 29.5 Å². The fourth-order valence-electron chi connectivity index (χ4n) is 5.51. The van der Waals surface area contributed by atoms with Gasteiger partial charge in [-0.25, -0.2) is 9.78 Å². The molecule has 0 bridgehead atoms. The van der Waals surface area contributed by atoms with E-state index in [0.717, 1.165) is 71.1 Å². The third kappa shape index (κ3) is 4.46. The predicted molar refractivity (Wildman–Crippen MR) is 149 cm³/mol. The molecule has 2 aliphatic rings. The van der Waals surface area contributed by atoms with E-state index in [4.69, 9.17) is 9.72 Å². The summed E-state index contributed by atoms with van der Waals surface area (Å²) in [5.74, 6) is -0.649. The van der Waals surface area contributed by atoms with E-state index in [2.05, 4.69) is 23.6 Å². The third-order valence-corrected chi connectivity index (χ3v) is 8.06. The average Bonchev–Trinajstić information content (AvgIpc) is 3.44. The molecule has 6 rings (SSSR count). The molecule has 3 heterocycles. The topological polar surface area (TPSA) is 59.5 Å². The molecule has 4 aromatic rings. The standard InChI is InChI=1S/C31H28N2O3S/c1-20(30(34)33-17-7-11-21-9-2-5-16-27(21)33)36-31(35)28-24-13-3-4-15-26(24)32-29-22(10-6-14-25(28)29)19-23-12-8-18-37-23/h2-5,8-9,12-13,15-16,18-20H,6-7,10-11,14,17H2,1H3/b22-19-. The van der Waals surface area contributed by atoms with Crippen molar-refractivity contribution < 1.29 is 14.3 Å². The minimum atomic E-state index is -0.897. The summed E-state index contributed by atoms with van der Waals surface area (Å²) in [7, 11) is 0. The van der Waals surface area contributed by atoms with Crippen molar-refractivity contribution in [1.82, 2.24) is 4.98 Å². The number of nitrogens with zero attached hydrogens (tertiary/aromatic N) is 2. The molecule has 1 amide bonds. The van der Waals surface area contributed by atoms with Crippen molar-refractivity contribution in [2.75, 3.05) is 11.4 Å². The van der Waals surface area contributed by atoms with E-state index in [1.807, 2.05) is 48.5 Å². The Hall–Kier alpha value is -3.77. The van der Waals surface area contributed by atoms with Crippen LogP contribution in [0.4, 0.5) is 5.69 Å². The second-order valence-corrected chi connectivity index (χ2v) is 10.6. The molecular formula is C31H28N2O3S. The maximum Gasteiger partial charge on any atom is 0.339 e. The highest BCUT2D eigenvalue weighted by molar-refractivity contribution is 7.10. The molecule has 0 saturated heterocycles. The van der Waals surface area contributed by atoms with Crippen LogP contribution in [0.1, 0.15) is 58.2 Å². The van der Waals surface area contributed by atoms with Gasteiger partial charge in [0.1, 0.15) is 0 Å². The number of hydrogen-bond donors (Lipinski definition) is 0. The summed E-state index contributed by atoms with van der Waals surface area (Å²) in [6.45, 7) is 2.30. The molecule has 2 aromatic heterocycles. The van der Waals surface area contributed by atoms with Gasteiger partial charge in [0, 0.05) is 22.5 Å². The number of pyridine rings is 1. The van der Waals surface area contributed by atoms with E-state index in [0.29, 0.717) is 12.1 Å². The first kappa shape index (κ1) is 23.6. The van der Waals surface area contributed by atoms with Gasteiger partial charge in [0.15, 0.2) is 6.10 Å². The summed E-state index contributed by atoms with van der Waals surface area (Å²) in [6.07, 6.45) is 5.72. The number of carbonyl (C=O) groups excluding carboxylic acids is 2. The van der Waals surface area contributed by atoms with E-state index in [-0.39, 0.29) is 5.91 Å². The monoisotopic (exact) mass is 508 g/mol. The van der Waals surface area contributed by atoms with E-state index in [1.54, 1.807) is 23.2 Å². The normalized spacial score (nSPS) is 16.8. The van der Waals surface area contributed by atoms with Crippen LogP contribution in [0.5, 0.6) is 0 Å². The predicted octanol–water partition coefficient (Wildman–Crippen LogP) is 6.70. The van der Waals surface area contributed by atoms with E-state index >= 15 is 0 Å². The lowest BCUT2D eigenvalue weighted by Gasteiger charge is -2.31. The van der Waals surface area contributed by atoms with Crippen molar-refractivity contribution in [3.8, 4) is 0 Å². The van der Waals surface area contributed by atoms with Gasteiger partial charge in [-0.1, -0.05) is 42.5 Å². The van der Waals surface area contributed by atoms with Gasteiger partial charge in [-0.05, 0) is 85.4 Å². The van der Waals surface area contributed by atoms with Crippen LogP contribution in [0.15, 0.2) is 66.0 Å². The van der Waals surface area contributed by atoms with Crippen molar-refractivity contribution in [3.63, 3.8) is 0 Å². The number of aromatic nitrogens is 1. The summed E-state index contributed by atoms with van der Waals surface area (Å²) >= 11 is 1.69. The maximum absolute atomic E-state index is 13.8. The van der Waals surface area contributed by atoms with Gasteiger partial charge in [0.25, 0.3) is 5.91 Å². The zero-order valence-electron chi connectivity index (χ0n) is 20.8. The molecule has 0 N–H and O–H groups in total. The number of para-hydroxylation sites is 2. The molecule has 37 heavy (non-hydrogen) atoms. The Morgan fingerprint density at radius 3 is 2.70 bits per heavy atom. The maximum atomic E-state index is 13.8. The molecule has 1 unspecified atom stereocenters. The molecule has 6 heteroatoms. The largest absolute Gasteiger partial charge is 0.449 e. The van der Waals surface area contributed by atoms with Crippen molar-refractivity contribution in [2.45, 2.75) is 45.1 Å². The zero-order valence-corrected chi connectivity index (χ0v) is 21.6. The van der Waals surface area contributed by atoms with Crippen LogP contribution in [0.3, 0.4) is 0 Å². The van der Waals surface area contributed by atoms with E-state index in [9.17, 15) is 9.59 Å². The van der Waals surface area contributed by atoms with Gasteiger partial charge < -0.3 is 9.64 Å². The molecule has 1 atom stereocenters. The summed E-state index contributed by atoms with van der Waals surface area (Å²) < 4.78 is 5.91. The molecule has 5 nitrogen and oxygen atoms in total. The fraction of sp³-hybridized carbons (Fsp3) is 0.258. The molecule has 0 fully saturated rings. The van der Waals surface area contributed by atoms with Crippen LogP contribution >= 0.6 is 11.3 Å². The van der Waals surface area contributed by atoms with Crippen LogP contribution < -0.4 is 4.90 Å². The van der Waals surface area contributed by atoms with Gasteiger partial charge in [0.05, 0.1) is 16.8 Å². The van der Waals surface area contributed by atoms with Crippen LogP contribution in [0.2, 0.25) is 0 Å². The van der Waals surface area contributed by atoms with Gasteiger partial charge in [-0.2, -0.15) is 0 Å². The summed E-state index contributed by atoms with van der Waals surface area (Å²) in [6, 6.07) is 19.8. The molecule has 2 aromatic carbocycles. The highest BCUT2D eigenvalue weighted by Crippen LogP contribution is 2.37. The SMILES string of the molecule is CC(OC(=O)c1c2c(nc3ccccc13)/C(=C\c1cccs1)CCC2)C(=O)N1CCCc2ccccc21. The highest BCUT2D eigenvalue weighted by Gasteiger charge is 2.31. The number of thiophene rings is 1. The molecule has 1 aliphatic heterocycles. The molecular weight excluding hydrogens is 480 g/mol. The van der Waals surface area contributed by atoms with Crippen molar-refractivity contribution in [2.24, 2.45) is 0 Å². The number of rotatable bonds is 4. The number of anilines is 1. The number of aryl methyl sites for hydroxylation is 1. The number of amides is 1. The first-order chi connectivity index (χ1) is 18.1. The van der Waals surface area contributed by atoms with Crippen molar-refractivity contribution in [1.29, 1.82) is 0 Å². The molecule has 1 aliphatic carbocycles. The quantitative estimate of drug-likeness (QED) is 0.288. The van der Waals surface area contributed by atoms with Crippen molar-refractivity contribution >= 4 is 51.5 Å². The highest BCUT2D eigenvalue weighted by atomic mass is 32.1. The summed E-state index contributed by atoms with van der Waals surface area (Å²) in [5, 5.41) is 2.83. The summed E-state index contributed by atoms with van der Waals surface area (Å²) in [4.78, 5) is 35.1. The number of fused-ring (bicyclic) bond motifs is 3. The lowest BCUT2D eigenvalue weighted by molar-refractivity contribution is -0.126. The van der Waals surface area contributed by atoms with Crippen LogP contribution in [0, 0.1) is 0 Å². The Morgan fingerprint density at radius 1 is 1.00 bits per heavy atom.